The van der Waals surface area contributed by atoms with Crippen LogP contribution in [0, 0.1) is 0 Å². The van der Waals surface area contributed by atoms with Crippen LogP contribution in [0.5, 0.6) is 0 Å². The van der Waals surface area contributed by atoms with Gasteiger partial charge >= 0.3 is 73.5 Å². The van der Waals surface area contributed by atoms with Crippen molar-refractivity contribution >= 4 is 13.9 Å². The summed E-state index contributed by atoms with van der Waals surface area (Å²) in [6, 6.07) is 0. The Labute approximate surface area is 74.0 Å². The molecule has 0 bridgehead atoms. The molecule has 4 heteroatoms. The SMILES string of the molecule is C[N](C)[Ge]([CH3])([N](C)C)[N](C)C. The fourth-order valence-corrected chi connectivity index (χ4v) is 6.24. The molecule has 0 aromatic rings. The van der Waals surface area contributed by atoms with E-state index in [1.807, 2.05) is 0 Å². The minimum atomic E-state index is -2.00. The average Bonchev–Trinajstić information content (AvgIpc) is 1.84. The first-order chi connectivity index (χ1) is 4.83. The summed E-state index contributed by atoms with van der Waals surface area (Å²) in [6.45, 7) is 0. The second-order valence-corrected chi connectivity index (χ2v) is 13.4. The Hall–Kier alpha value is 0.423. The maximum atomic E-state index is 2.38. The van der Waals surface area contributed by atoms with E-state index in [2.05, 4.69) is 59.6 Å². The van der Waals surface area contributed by atoms with Gasteiger partial charge in [-0.25, -0.2) is 0 Å². The molecule has 0 fully saturated rings. The van der Waals surface area contributed by atoms with E-state index in [0.717, 1.165) is 0 Å². The monoisotopic (exact) mass is 221 g/mol. The Morgan fingerprint density at radius 1 is 0.636 bits per heavy atom. The quantitative estimate of drug-likeness (QED) is 0.630. The number of rotatable bonds is 3. The Morgan fingerprint density at radius 2 is 0.818 bits per heavy atom. The molecule has 0 aromatic carbocycles. The summed E-state index contributed by atoms with van der Waals surface area (Å²) < 4.78 is 7.12. The van der Waals surface area contributed by atoms with Gasteiger partial charge in [0.15, 0.2) is 0 Å². The van der Waals surface area contributed by atoms with Crippen molar-refractivity contribution in [2.45, 2.75) is 5.76 Å². The van der Waals surface area contributed by atoms with Gasteiger partial charge in [-0.15, -0.1) is 0 Å². The molecule has 0 heterocycles. The standard InChI is InChI=1S/C7H21GeN3/c1-8(9(2)3,10(4)5)11(6)7/h1-7H3. The zero-order valence-electron chi connectivity index (χ0n) is 8.84. The molecule has 0 unspecified atom stereocenters. The molecule has 3 nitrogen and oxygen atoms in total. The van der Waals surface area contributed by atoms with Gasteiger partial charge in [0.1, 0.15) is 0 Å². The van der Waals surface area contributed by atoms with Crippen LogP contribution < -0.4 is 0 Å². The molecule has 0 aromatic heterocycles. The van der Waals surface area contributed by atoms with Gasteiger partial charge in [-0.3, -0.25) is 0 Å². The van der Waals surface area contributed by atoms with Crippen LogP contribution in [0.4, 0.5) is 0 Å². The number of hydrogen-bond acceptors (Lipinski definition) is 3. The van der Waals surface area contributed by atoms with Crippen LogP contribution >= 0.6 is 0 Å². The summed E-state index contributed by atoms with van der Waals surface area (Å²) in [5.74, 6) is 2.38. The Balaban J connectivity index is 4.53. The second kappa shape index (κ2) is 3.89. The molecular formula is C7H21GeN3. The van der Waals surface area contributed by atoms with Gasteiger partial charge in [-0.1, -0.05) is 0 Å². The average molecular weight is 220 g/mol. The first kappa shape index (κ1) is 11.4. The normalized spacial score (nSPS) is 13.6. The summed E-state index contributed by atoms with van der Waals surface area (Å²) in [4.78, 5) is 0. The molecule has 0 saturated carbocycles. The van der Waals surface area contributed by atoms with E-state index < -0.39 is 13.9 Å². The van der Waals surface area contributed by atoms with E-state index in [-0.39, 0.29) is 0 Å². The molecule has 0 aliphatic carbocycles. The molecule has 11 heavy (non-hydrogen) atoms. The fourth-order valence-electron chi connectivity index (χ4n) is 1.20. The van der Waals surface area contributed by atoms with Crippen LogP contribution in [0.25, 0.3) is 0 Å². The van der Waals surface area contributed by atoms with E-state index in [1.54, 1.807) is 0 Å². The van der Waals surface area contributed by atoms with Crippen molar-refractivity contribution in [3.8, 4) is 0 Å². The van der Waals surface area contributed by atoms with Gasteiger partial charge in [0.2, 0.25) is 0 Å². The van der Waals surface area contributed by atoms with Crippen LogP contribution in [0.15, 0.2) is 0 Å². The Morgan fingerprint density at radius 3 is 0.818 bits per heavy atom. The molecular weight excluding hydrogens is 199 g/mol. The first-order valence-electron chi connectivity index (χ1n) is 3.85. The summed E-state index contributed by atoms with van der Waals surface area (Å²) >= 11 is -2.00. The molecule has 0 spiro atoms. The molecule has 0 amide bonds. The van der Waals surface area contributed by atoms with E-state index in [9.17, 15) is 0 Å². The van der Waals surface area contributed by atoms with Gasteiger partial charge in [-0.2, -0.15) is 0 Å². The first-order valence-corrected chi connectivity index (χ1v) is 8.77. The number of hydrogen-bond donors (Lipinski definition) is 0. The van der Waals surface area contributed by atoms with Gasteiger partial charge in [0, 0.05) is 0 Å². The van der Waals surface area contributed by atoms with Gasteiger partial charge in [0.25, 0.3) is 0 Å². The molecule has 68 valence electrons. The summed E-state index contributed by atoms with van der Waals surface area (Å²) in [7, 11) is 13.0. The fraction of sp³-hybridized carbons (Fsp3) is 1.00. The summed E-state index contributed by atoms with van der Waals surface area (Å²) in [5, 5.41) is 0. The third-order valence-corrected chi connectivity index (χ3v) is 13.2. The zero-order chi connectivity index (χ0) is 9.23. The molecule has 0 atom stereocenters. The summed E-state index contributed by atoms with van der Waals surface area (Å²) in [6.07, 6.45) is 0. The third kappa shape index (κ3) is 2.18. The summed E-state index contributed by atoms with van der Waals surface area (Å²) in [5.41, 5.74) is 0. The van der Waals surface area contributed by atoms with Crippen molar-refractivity contribution in [3.63, 3.8) is 0 Å². The van der Waals surface area contributed by atoms with Crippen LogP contribution in [-0.4, -0.2) is 67.8 Å². The van der Waals surface area contributed by atoms with Crippen molar-refractivity contribution in [1.82, 2.24) is 11.6 Å². The van der Waals surface area contributed by atoms with Crippen LogP contribution in [-0.2, 0) is 0 Å². The molecule has 0 N–H and O–H groups in total. The Bertz CT molecular complexity index is 101. The topological polar surface area (TPSA) is 9.72 Å². The third-order valence-electron chi connectivity index (χ3n) is 2.54. The molecule has 0 saturated heterocycles. The van der Waals surface area contributed by atoms with Crippen LogP contribution in [0.2, 0.25) is 5.76 Å². The predicted molar refractivity (Wildman–Crippen MR) is 52.7 cm³/mol. The van der Waals surface area contributed by atoms with Crippen molar-refractivity contribution < 1.29 is 0 Å². The van der Waals surface area contributed by atoms with E-state index in [1.165, 1.54) is 0 Å². The van der Waals surface area contributed by atoms with E-state index in [4.69, 9.17) is 0 Å². The van der Waals surface area contributed by atoms with Crippen molar-refractivity contribution in [3.05, 3.63) is 0 Å². The maximum absolute atomic E-state index is 2.38. The van der Waals surface area contributed by atoms with Gasteiger partial charge in [0.05, 0.1) is 0 Å². The van der Waals surface area contributed by atoms with Crippen molar-refractivity contribution in [2.24, 2.45) is 0 Å². The van der Waals surface area contributed by atoms with Crippen molar-refractivity contribution in [1.29, 1.82) is 0 Å². The van der Waals surface area contributed by atoms with E-state index >= 15 is 0 Å². The minimum absolute atomic E-state index is 2.00. The number of nitrogens with zero attached hydrogens (tertiary/aromatic N) is 3. The molecule has 0 radical (unpaired) electrons. The molecule has 0 aliphatic rings. The van der Waals surface area contributed by atoms with E-state index in [0.29, 0.717) is 0 Å². The molecule has 0 rings (SSSR count). The second-order valence-electron chi connectivity index (χ2n) is 3.65. The predicted octanol–water partition coefficient (Wildman–Crippen LogP) is 0.240. The van der Waals surface area contributed by atoms with Crippen LogP contribution in [0.3, 0.4) is 0 Å². The van der Waals surface area contributed by atoms with Gasteiger partial charge in [-0.05, 0) is 0 Å². The van der Waals surface area contributed by atoms with Crippen molar-refractivity contribution in [2.75, 3.05) is 42.3 Å². The zero-order valence-corrected chi connectivity index (χ0v) is 10.9. The molecule has 0 aliphatic heterocycles. The van der Waals surface area contributed by atoms with Crippen LogP contribution in [0.1, 0.15) is 0 Å². The van der Waals surface area contributed by atoms with Gasteiger partial charge < -0.3 is 0 Å². The Kier molecular flexibility index (Phi) is 4.04.